The molecule has 6 heteroatoms. The summed E-state index contributed by atoms with van der Waals surface area (Å²) in [6.07, 6.45) is 0.101. The third-order valence-corrected chi connectivity index (χ3v) is 2.07. The lowest BCUT2D eigenvalue weighted by atomic mass is 10.2. The Hall–Kier alpha value is -1.67. The van der Waals surface area contributed by atoms with Crippen molar-refractivity contribution in [2.24, 2.45) is 0 Å². The van der Waals surface area contributed by atoms with Gasteiger partial charge in [-0.1, -0.05) is 11.6 Å². The average Bonchev–Trinajstić information content (AvgIpc) is 2.23. The van der Waals surface area contributed by atoms with Crippen LogP contribution < -0.4 is 5.32 Å². The molecule has 0 bridgehead atoms. The molecule has 0 spiro atoms. The third kappa shape index (κ3) is 2.91. The first-order valence-corrected chi connectivity index (χ1v) is 4.73. The van der Waals surface area contributed by atoms with Gasteiger partial charge in [-0.25, -0.2) is 8.78 Å². The SMILES string of the molecule is N#CCCNC(=O)c1cc(F)c(Cl)cc1F. The van der Waals surface area contributed by atoms with Crippen LogP contribution in [0, 0.1) is 23.0 Å². The van der Waals surface area contributed by atoms with E-state index in [0.29, 0.717) is 0 Å². The van der Waals surface area contributed by atoms with Crippen LogP contribution in [-0.4, -0.2) is 12.5 Å². The predicted molar refractivity (Wildman–Crippen MR) is 53.9 cm³/mol. The van der Waals surface area contributed by atoms with Gasteiger partial charge in [0.25, 0.3) is 5.91 Å². The first-order chi connectivity index (χ1) is 7.56. The van der Waals surface area contributed by atoms with Gasteiger partial charge in [0.15, 0.2) is 0 Å². The molecule has 1 rings (SSSR count). The highest BCUT2D eigenvalue weighted by atomic mass is 35.5. The number of nitriles is 1. The Labute approximate surface area is 95.6 Å². The maximum absolute atomic E-state index is 13.2. The molecule has 84 valence electrons. The maximum atomic E-state index is 13.2. The van der Waals surface area contributed by atoms with Gasteiger partial charge < -0.3 is 5.32 Å². The van der Waals surface area contributed by atoms with E-state index in [2.05, 4.69) is 5.32 Å². The van der Waals surface area contributed by atoms with Gasteiger partial charge in [0.2, 0.25) is 0 Å². The first kappa shape index (κ1) is 12.4. The van der Waals surface area contributed by atoms with E-state index in [1.807, 2.05) is 0 Å². The van der Waals surface area contributed by atoms with Crippen LogP contribution in [0.25, 0.3) is 0 Å². The maximum Gasteiger partial charge on any atom is 0.254 e. The molecule has 0 aliphatic rings. The summed E-state index contributed by atoms with van der Waals surface area (Å²) < 4.78 is 26.2. The Morgan fingerprint density at radius 2 is 2.12 bits per heavy atom. The molecule has 1 aromatic carbocycles. The van der Waals surface area contributed by atoms with Crippen molar-refractivity contribution in [3.8, 4) is 6.07 Å². The van der Waals surface area contributed by atoms with Crippen LogP contribution in [0.1, 0.15) is 16.8 Å². The molecule has 0 atom stereocenters. The van der Waals surface area contributed by atoms with E-state index in [1.165, 1.54) is 0 Å². The first-order valence-electron chi connectivity index (χ1n) is 4.36. The van der Waals surface area contributed by atoms with Gasteiger partial charge >= 0.3 is 0 Å². The number of nitrogens with zero attached hydrogens (tertiary/aromatic N) is 1. The lowest BCUT2D eigenvalue weighted by Gasteiger charge is -2.05. The normalized spacial score (nSPS) is 9.62. The summed E-state index contributed by atoms with van der Waals surface area (Å²) in [7, 11) is 0. The largest absolute Gasteiger partial charge is 0.351 e. The lowest BCUT2D eigenvalue weighted by molar-refractivity contribution is 0.0950. The van der Waals surface area contributed by atoms with Gasteiger partial charge in [-0.2, -0.15) is 5.26 Å². The number of halogens is 3. The summed E-state index contributed by atoms with van der Waals surface area (Å²) >= 11 is 5.33. The molecule has 0 aliphatic carbocycles. The van der Waals surface area contributed by atoms with Crippen molar-refractivity contribution in [3.63, 3.8) is 0 Å². The predicted octanol–water partition coefficient (Wildman–Crippen LogP) is 2.26. The van der Waals surface area contributed by atoms with Crippen molar-refractivity contribution in [1.29, 1.82) is 5.26 Å². The number of hydrogen-bond acceptors (Lipinski definition) is 2. The van der Waals surface area contributed by atoms with E-state index in [1.54, 1.807) is 6.07 Å². The number of benzene rings is 1. The van der Waals surface area contributed by atoms with Gasteiger partial charge in [-0.3, -0.25) is 4.79 Å². The number of nitrogens with one attached hydrogen (secondary N) is 1. The smallest absolute Gasteiger partial charge is 0.254 e. The van der Waals surface area contributed by atoms with Gasteiger partial charge in [0, 0.05) is 6.54 Å². The molecule has 3 nitrogen and oxygen atoms in total. The minimum Gasteiger partial charge on any atom is -0.351 e. The second-order valence-electron chi connectivity index (χ2n) is 2.91. The molecule has 1 N–H and O–H groups in total. The second-order valence-corrected chi connectivity index (χ2v) is 3.32. The standard InChI is InChI=1S/C10H7ClF2N2O/c11-7-5-8(12)6(4-9(7)13)10(16)15-3-1-2-14/h4-5H,1,3H2,(H,15,16). The molecule has 0 fully saturated rings. The molecule has 0 aromatic heterocycles. The van der Waals surface area contributed by atoms with Crippen LogP contribution in [0.3, 0.4) is 0 Å². The van der Waals surface area contributed by atoms with E-state index in [4.69, 9.17) is 16.9 Å². The third-order valence-electron chi connectivity index (χ3n) is 1.78. The van der Waals surface area contributed by atoms with Gasteiger partial charge in [-0.05, 0) is 12.1 Å². The fourth-order valence-electron chi connectivity index (χ4n) is 1.02. The molecule has 0 aliphatic heterocycles. The molecule has 0 heterocycles. The monoisotopic (exact) mass is 244 g/mol. The Balaban J connectivity index is 2.84. The van der Waals surface area contributed by atoms with Crippen molar-refractivity contribution < 1.29 is 13.6 Å². The minimum absolute atomic E-state index is 0.0824. The molecule has 0 unspecified atom stereocenters. The van der Waals surface area contributed by atoms with Crippen molar-refractivity contribution in [2.45, 2.75) is 6.42 Å². The number of amides is 1. The highest BCUT2D eigenvalue weighted by molar-refractivity contribution is 6.30. The highest BCUT2D eigenvalue weighted by Crippen LogP contribution is 2.19. The molecule has 0 saturated heterocycles. The van der Waals surface area contributed by atoms with E-state index in [9.17, 15) is 13.6 Å². The fraction of sp³-hybridized carbons (Fsp3) is 0.200. The van der Waals surface area contributed by atoms with Gasteiger partial charge in [0.05, 0.1) is 23.1 Å². The average molecular weight is 245 g/mol. The Kier molecular flexibility index (Phi) is 4.20. The van der Waals surface area contributed by atoms with Crippen LogP contribution in [0.2, 0.25) is 5.02 Å². The van der Waals surface area contributed by atoms with Gasteiger partial charge in [0.1, 0.15) is 11.6 Å². The summed E-state index contributed by atoms with van der Waals surface area (Å²) in [5, 5.41) is 10.1. The Morgan fingerprint density at radius 1 is 1.44 bits per heavy atom. The van der Waals surface area contributed by atoms with Crippen molar-refractivity contribution in [3.05, 3.63) is 34.4 Å². The number of rotatable bonds is 3. The summed E-state index contributed by atoms with van der Waals surface area (Å²) in [4.78, 5) is 11.3. The zero-order chi connectivity index (χ0) is 12.1. The highest BCUT2D eigenvalue weighted by Gasteiger charge is 2.14. The minimum atomic E-state index is -0.902. The Bertz CT molecular complexity index is 457. The number of hydrogen-bond donors (Lipinski definition) is 1. The van der Waals surface area contributed by atoms with E-state index < -0.39 is 23.1 Å². The molecular weight excluding hydrogens is 238 g/mol. The van der Waals surface area contributed by atoms with E-state index in [0.717, 1.165) is 12.1 Å². The van der Waals surface area contributed by atoms with Crippen LogP contribution in [0.15, 0.2) is 12.1 Å². The van der Waals surface area contributed by atoms with Crippen molar-refractivity contribution in [2.75, 3.05) is 6.54 Å². The van der Waals surface area contributed by atoms with Crippen LogP contribution in [-0.2, 0) is 0 Å². The van der Waals surface area contributed by atoms with Crippen molar-refractivity contribution >= 4 is 17.5 Å². The zero-order valence-corrected chi connectivity index (χ0v) is 8.81. The van der Waals surface area contributed by atoms with Crippen LogP contribution in [0.5, 0.6) is 0 Å². The molecule has 1 aromatic rings. The Morgan fingerprint density at radius 3 is 2.75 bits per heavy atom. The van der Waals surface area contributed by atoms with Crippen LogP contribution >= 0.6 is 11.6 Å². The summed E-state index contributed by atoms with van der Waals surface area (Å²) in [5.74, 6) is -2.54. The second kappa shape index (κ2) is 5.42. The van der Waals surface area contributed by atoms with E-state index in [-0.39, 0.29) is 18.0 Å². The summed E-state index contributed by atoms with van der Waals surface area (Å²) in [5.41, 5.74) is -0.431. The number of carbonyl (C=O) groups excluding carboxylic acids is 1. The zero-order valence-electron chi connectivity index (χ0n) is 8.06. The molecule has 0 saturated carbocycles. The molecular formula is C10H7ClF2N2O. The quantitative estimate of drug-likeness (QED) is 0.655. The molecule has 1 amide bonds. The van der Waals surface area contributed by atoms with Gasteiger partial charge in [-0.15, -0.1) is 0 Å². The lowest BCUT2D eigenvalue weighted by Crippen LogP contribution is -2.25. The summed E-state index contributed by atoms with van der Waals surface area (Å²) in [6.45, 7) is 0.0824. The fourth-order valence-corrected chi connectivity index (χ4v) is 1.17. The topological polar surface area (TPSA) is 52.9 Å². The summed E-state index contributed by atoms with van der Waals surface area (Å²) in [6, 6.07) is 3.26. The molecule has 16 heavy (non-hydrogen) atoms. The number of carbonyl (C=O) groups is 1. The van der Waals surface area contributed by atoms with Crippen molar-refractivity contribution in [1.82, 2.24) is 5.32 Å². The van der Waals surface area contributed by atoms with Crippen LogP contribution in [0.4, 0.5) is 8.78 Å². The molecule has 0 radical (unpaired) electrons. The van der Waals surface area contributed by atoms with E-state index >= 15 is 0 Å².